The summed E-state index contributed by atoms with van der Waals surface area (Å²) in [6, 6.07) is 4.01. The first kappa shape index (κ1) is 9.17. The van der Waals surface area contributed by atoms with Crippen molar-refractivity contribution in [2.75, 3.05) is 5.32 Å². The molecular weight excluding hydrogens is 206 g/mol. The van der Waals surface area contributed by atoms with E-state index in [0.717, 1.165) is 0 Å². The maximum Gasteiger partial charge on any atom is 0.294 e. The second-order valence-corrected chi connectivity index (χ2v) is 4.44. The van der Waals surface area contributed by atoms with Crippen LogP contribution in [0.3, 0.4) is 0 Å². The molecule has 74 valence electrons. The first-order valence-electron chi connectivity index (χ1n) is 3.87. The highest BCUT2D eigenvalue weighted by molar-refractivity contribution is 7.85. The zero-order valence-corrected chi connectivity index (χ0v) is 7.84. The molecule has 0 unspecified atom stereocenters. The van der Waals surface area contributed by atoms with E-state index in [1.54, 1.807) is 0 Å². The molecule has 2 rings (SSSR count). The Morgan fingerprint density at radius 2 is 2.07 bits per heavy atom. The molecule has 0 spiro atoms. The summed E-state index contributed by atoms with van der Waals surface area (Å²) in [5, 5.41) is 2.56. The van der Waals surface area contributed by atoms with Crippen molar-refractivity contribution < 1.29 is 17.8 Å². The number of carbonyl (C=O) groups excluding carboxylic acids is 1. The van der Waals surface area contributed by atoms with Gasteiger partial charge in [0.2, 0.25) is 5.91 Å². The second-order valence-electron chi connectivity index (χ2n) is 3.02. The zero-order valence-electron chi connectivity index (χ0n) is 7.02. The number of hydrogen-bond acceptors (Lipinski definition) is 3. The summed E-state index contributed by atoms with van der Waals surface area (Å²) in [6.45, 7) is 0. The quantitative estimate of drug-likeness (QED) is 0.662. The Morgan fingerprint density at radius 1 is 1.36 bits per heavy atom. The van der Waals surface area contributed by atoms with E-state index in [0.29, 0.717) is 11.3 Å². The van der Waals surface area contributed by atoms with Crippen molar-refractivity contribution in [1.29, 1.82) is 0 Å². The van der Waals surface area contributed by atoms with Crippen LogP contribution < -0.4 is 5.32 Å². The summed E-state index contributed by atoms with van der Waals surface area (Å²) >= 11 is 0. The van der Waals surface area contributed by atoms with E-state index in [4.69, 9.17) is 4.55 Å². The van der Waals surface area contributed by atoms with Crippen LogP contribution in [0.2, 0.25) is 0 Å². The number of fused-ring (bicyclic) bond motifs is 1. The van der Waals surface area contributed by atoms with Gasteiger partial charge in [-0.2, -0.15) is 8.42 Å². The summed E-state index contributed by atoms with van der Waals surface area (Å²) in [5.41, 5.74) is 1.19. The molecule has 0 aliphatic carbocycles. The third-order valence-electron chi connectivity index (χ3n) is 2.00. The van der Waals surface area contributed by atoms with Gasteiger partial charge in [0, 0.05) is 5.69 Å². The van der Waals surface area contributed by atoms with Gasteiger partial charge in [-0.15, -0.1) is 0 Å². The molecular formula is C8H7NO4S. The fourth-order valence-corrected chi connectivity index (χ4v) is 1.90. The zero-order chi connectivity index (χ0) is 10.3. The molecule has 1 amide bonds. The molecule has 0 bridgehead atoms. The lowest BCUT2D eigenvalue weighted by molar-refractivity contribution is -0.115. The van der Waals surface area contributed by atoms with Gasteiger partial charge in [-0.1, -0.05) is 0 Å². The molecule has 2 N–H and O–H groups in total. The van der Waals surface area contributed by atoms with E-state index in [2.05, 4.69) is 5.32 Å². The standard InChI is InChI=1S/C8H7NO4S/c10-8-4-5-3-6(14(11,12)13)1-2-7(5)9-8/h1-3H,4H2,(H,9,10)(H,11,12,13). The molecule has 0 radical (unpaired) electrons. The average Bonchev–Trinajstić information content (AvgIpc) is 2.41. The normalized spacial score (nSPS) is 15.1. The van der Waals surface area contributed by atoms with Gasteiger partial charge < -0.3 is 5.32 Å². The van der Waals surface area contributed by atoms with Crippen LogP contribution in [0.4, 0.5) is 5.69 Å². The van der Waals surface area contributed by atoms with Crippen LogP contribution in [0.15, 0.2) is 23.1 Å². The van der Waals surface area contributed by atoms with Crippen LogP contribution in [0.5, 0.6) is 0 Å². The Balaban J connectivity index is 2.53. The molecule has 1 aliphatic heterocycles. The van der Waals surface area contributed by atoms with Gasteiger partial charge in [0.05, 0.1) is 11.3 Å². The van der Waals surface area contributed by atoms with Crippen molar-refractivity contribution in [2.45, 2.75) is 11.3 Å². The SMILES string of the molecule is O=C1Cc2cc(S(=O)(=O)O)ccc2N1. The average molecular weight is 213 g/mol. The number of carbonyl (C=O) groups is 1. The Labute approximate surface area is 80.5 Å². The third-order valence-corrected chi connectivity index (χ3v) is 2.85. The minimum absolute atomic E-state index is 0.151. The number of rotatable bonds is 1. The maximum absolute atomic E-state index is 10.9. The molecule has 0 atom stereocenters. The Hall–Kier alpha value is -1.40. The lowest BCUT2D eigenvalue weighted by Crippen LogP contribution is -2.03. The fraction of sp³-hybridized carbons (Fsp3) is 0.125. The lowest BCUT2D eigenvalue weighted by atomic mass is 10.2. The minimum atomic E-state index is -4.18. The molecule has 0 saturated heterocycles. The van der Waals surface area contributed by atoms with Crippen LogP contribution in [0.25, 0.3) is 0 Å². The monoisotopic (exact) mass is 213 g/mol. The molecule has 1 heterocycles. The van der Waals surface area contributed by atoms with Gasteiger partial charge in [-0.25, -0.2) is 0 Å². The summed E-state index contributed by atoms with van der Waals surface area (Å²) in [4.78, 5) is 10.8. The van der Waals surface area contributed by atoms with Crippen molar-refractivity contribution in [2.24, 2.45) is 0 Å². The van der Waals surface area contributed by atoms with Crippen molar-refractivity contribution in [3.8, 4) is 0 Å². The topological polar surface area (TPSA) is 83.5 Å². The van der Waals surface area contributed by atoms with Gasteiger partial charge in [-0.3, -0.25) is 9.35 Å². The number of benzene rings is 1. The minimum Gasteiger partial charge on any atom is -0.326 e. The molecule has 1 aliphatic rings. The number of nitrogens with one attached hydrogen (secondary N) is 1. The molecule has 0 fully saturated rings. The smallest absolute Gasteiger partial charge is 0.294 e. The lowest BCUT2D eigenvalue weighted by Gasteiger charge is -2.00. The second kappa shape index (κ2) is 2.79. The van der Waals surface area contributed by atoms with Gasteiger partial charge in [0.25, 0.3) is 10.1 Å². The van der Waals surface area contributed by atoms with Gasteiger partial charge in [0.15, 0.2) is 0 Å². The van der Waals surface area contributed by atoms with E-state index >= 15 is 0 Å². The molecule has 0 saturated carbocycles. The van der Waals surface area contributed by atoms with Crippen LogP contribution >= 0.6 is 0 Å². The predicted octanol–water partition coefficient (Wildman–Crippen LogP) is 0.428. The Morgan fingerprint density at radius 3 is 2.71 bits per heavy atom. The Kier molecular flexibility index (Phi) is 1.83. The van der Waals surface area contributed by atoms with E-state index in [1.807, 2.05) is 0 Å². The van der Waals surface area contributed by atoms with Crippen molar-refractivity contribution in [1.82, 2.24) is 0 Å². The Bertz CT molecular complexity index is 506. The number of hydrogen-bond donors (Lipinski definition) is 2. The van der Waals surface area contributed by atoms with Gasteiger partial charge in [0.1, 0.15) is 0 Å². The third kappa shape index (κ3) is 1.49. The van der Waals surface area contributed by atoms with Crippen molar-refractivity contribution in [3.63, 3.8) is 0 Å². The van der Waals surface area contributed by atoms with Gasteiger partial charge >= 0.3 is 0 Å². The number of amides is 1. The molecule has 5 nitrogen and oxygen atoms in total. The van der Waals surface area contributed by atoms with Crippen molar-refractivity contribution >= 4 is 21.7 Å². The van der Waals surface area contributed by atoms with Crippen LogP contribution in [-0.4, -0.2) is 18.9 Å². The fourth-order valence-electron chi connectivity index (χ4n) is 1.37. The predicted molar refractivity (Wildman–Crippen MR) is 48.6 cm³/mol. The van der Waals surface area contributed by atoms with Gasteiger partial charge in [-0.05, 0) is 23.8 Å². The first-order chi connectivity index (χ1) is 6.47. The highest BCUT2D eigenvalue weighted by Crippen LogP contribution is 2.25. The van der Waals surface area contributed by atoms with Crippen LogP contribution in [0.1, 0.15) is 5.56 Å². The van der Waals surface area contributed by atoms with Crippen LogP contribution in [0, 0.1) is 0 Å². The van der Waals surface area contributed by atoms with Crippen molar-refractivity contribution in [3.05, 3.63) is 23.8 Å². The van der Waals surface area contributed by atoms with E-state index < -0.39 is 10.1 Å². The van der Waals surface area contributed by atoms with E-state index in [9.17, 15) is 13.2 Å². The van der Waals surface area contributed by atoms with E-state index in [-0.39, 0.29) is 17.2 Å². The summed E-state index contributed by atoms with van der Waals surface area (Å²) < 4.78 is 30.3. The summed E-state index contributed by atoms with van der Waals surface area (Å²) in [5.74, 6) is -0.174. The molecule has 1 aromatic rings. The largest absolute Gasteiger partial charge is 0.326 e. The maximum atomic E-state index is 10.9. The molecule has 1 aromatic carbocycles. The summed E-state index contributed by atoms with van der Waals surface area (Å²) in [6.07, 6.45) is 0.151. The first-order valence-corrected chi connectivity index (χ1v) is 5.31. The number of anilines is 1. The highest BCUT2D eigenvalue weighted by Gasteiger charge is 2.20. The summed E-state index contributed by atoms with van der Waals surface area (Å²) in [7, 11) is -4.18. The van der Waals surface area contributed by atoms with E-state index in [1.165, 1.54) is 18.2 Å². The highest BCUT2D eigenvalue weighted by atomic mass is 32.2. The molecule has 6 heteroatoms. The molecule has 14 heavy (non-hydrogen) atoms. The molecule has 0 aromatic heterocycles. The van der Waals surface area contributed by atoms with Crippen LogP contribution in [-0.2, 0) is 21.3 Å².